The zero-order valence-corrected chi connectivity index (χ0v) is 14.7. The maximum atomic E-state index is 12.9. The summed E-state index contributed by atoms with van der Waals surface area (Å²) in [5.74, 6) is -0.165. The Morgan fingerprint density at radius 3 is 2.48 bits per heavy atom. The van der Waals surface area contributed by atoms with E-state index < -0.39 is 20.6 Å². The lowest BCUT2D eigenvalue weighted by molar-refractivity contribution is -0.387. The van der Waals surface area contributed by atoms with Crippen LogP contribution in [0.5, 0.6) is 0 Å². The Hall–Kier alpha value is -2.00. The molecule has 9 heteroatoms. The molecule has 0 spiro atoms. The highest BCUT2D eigenvalue weighted by molar-refractivity contribution is 7.89. The summed E-state index contributed by atoms with van der Waals surface area (Å²) < 4.78 is 27.0. The second-order valence-electron chi connectivity index (χ2n) is 5.87. The predicted octanol–water partition coefficient (Wildman–Crippen LogP) is 2.36. The molecule has 2 aromatic rings. The number of nitro groups is 1. The highest BCUT2D eigenvalue weighted by atomic mass is 35.5. The maximum Gasteiger partial charge on any atom is 0.290 e. The Morgan fingerprint density at radius 2 is 1.84 bits per heavy atom. The first-order valence-electron chi connectivity index (χ1n) is 7.55. The number of hydrogen-bond donors (Lipinski definition) is 1. The number of nitrogens with two attached hydrogens (primary N) is 1. The summed E-state index contributed by atoms with van der Waals surface area (Å²) in [6, 6.07) is 12.5. The van der Waals surface area contributed by atoms with E-state index >= 15 is 0 Å². The van der Waals surface area contributed by atoms with Crippen LogP contribution in [0.1, 0.15) is 11.5 Å². The number of hydrogen-bond acceptors (Lipinski definition) is 5. The second-order valence-corrected chi connectivity index (χ2v) is 8.22. The maximum absolute atomic E-state index is 12.9. The summed E-state index contributed by atoms with van der Waals surface area (Å²) in [5, 5.41) is 11.3. The van der Waals surface area contributed by atoms with Gasteiger partial charge in [-0.25, -0.2) is 8.42 Å². The molecule has 1 heterocycles. The standard InChI is InChI=1S/C16H16ClN3O4S/c17-12-6-7-16(15(8-12)20(21)22)25(23,24)19-9-13(14(18)10-19)11-4-2-1-3-5-11/h1-8,13-14H,9-10,18H2/t13-,14+/m0/s1. The second kappa shape index (κ2) is 6.72. The van der Waals surface area contributed by atoms with Gasteiger partial charge in [-0.15, -0.1) is 0 Å². The Morgan fingerprint density at radius 1 is 1.16 bits per heavy atom. The average molecular weight is 382 g/mol. The number of nitro benzene ring substituents is 1. The summed E-state index contributed by atoms with van der Waals surface area (Å²) in [7, 11) is -4.05. The summed E-state index contributed by atoms with van der Waals surface area (Å²) >= 11 is 5.76. The quantitative estimate of drug-likeness (QED) is 0.646. The van der Waals surface area contributed by atoms with Gasteiger partial charge in [-0.3, -0.25) is 10.1 Å². The molecule has 1 saturated heterocycles. The monoisotopic (exact) mass is 381 g/mol. The van der Waals surface area contributed by atoms with Crippen molar-refractivity contribution in [1.82, 2.24) is 4.31 Å². The van der Waals surface area contributed by atoms with Gasteiger partial charge in [0, 0.05) is 36.1 Å². The molecule has 0 amide bonds. The van der Waals surface area contributed by atoms with Crippen LogP contribution in [0.15, 0.2) is 53.4 Å². The van der Waals surface area contributed by atoms with Gasteiger partial charge in [0.2, 0.25) is 10.0 Å². The van der Waals surface area contributed by atoms with Crippen molar-refractivity contribution in [2.24, 2.45) is 5.73 Å². The van der Waals surface area contributed by atoms with E-state index in [1.807, 2.05) is 30.3 Å². The molecular formula is C16H16ClN3O4S. The highest BCUT2D eigenvalue weighted by Gasteiger charge is 2.40. The van der Waals surface area contributed by atoms with Crippen LogP contribution in [0.3, 0.4) is 0 Å². The van der Waals surface area contributed by atoms with Crippen LogP contribution >= 0.6 is 11.6 Å². The van der Waals surface area contributed by atoms with Crippen molar-refractivity contribution in [3.05, 3.63) is 69.2 Å². The van der Waals surface area contributed by atoms with E-state index in [1.165, 1.54) is 10.4 Å². The molecule has 0 saturated carbocycles. The zero-order valence-electron chi connectivity index (χ0n) is 13.1. The van der Waals surface area contributed by atoms with Gasteiger partial charge in [0.1, 0.15) is 0 Å². The predicted molar refractivity (Wildman–Crippen MR) is 94.0 cm³/mol. The summed E-state index contributed by atoms with van der Waals surface area (Å²) in [6.07, 6.45) is 0. The molecule has 3 rings (SSSR count). The van der Waals surface area contributed by atoms with E-state index in [4.69, 9.17) is 17.3 Å². The molecule has 2 atom stereocenters. The van der Waals surface area contributed by atoms with Gasteiger partial charge >= 0.3 is 0 Å². The number of rotatable bonds is 4. The minimum absolute atomic E-state index is 0.0989. The van der Waals surface area contributed by atoms with Crippen LogP contribution in [0.2, 0.25) is 5.02 Å². The van der Waals surface area contributed by atoms with Gasteiger partial charge in [0.15, 0.2) is 4.90 Å². The molecule has 2 aromatic carbocycles. The van der Waals surface area contributed by atoms with E-state index in [1.54, 1.807) is 0 Å². The first-order valence-corrected chi connectivity index (χ1v) is 9.37. The van der Waals surface area contributed by atoms with Crippen LogP contribution < -0.4 is 5.73 Å². The van der Waals surface area contributed by atoms with Gasteiger partial charge in [0.25, 0.3) is 5.69 Å². The van der Waals surface area contributed by atoms with Crippen molar-refractivity contribution < 1.29 is 13.3 Å². The highest BCUT2D eigenvalue weighted by Crippen LogP contribution is 2.34. The molecule has 0 aromatic heterocycles. The Kier molecular flexibility index (Phi) is 4.79. The molecule has 2 N–H and O–H groups in total. The fourth-order valence-corrected chi connectivity index (χ4v) is 4.84. The van der Waals surface area contributed by atoms with Gasteiger partial charge in [-0.2, -0.15) is 4.31 Å². The normalized spacial score (nSPS) is 21.4. The van der Waals surface area contributed by atoms with Crippen molar-refractivity contribution in [2.45, 2.75) is 16.9 Å². The number of benzene rings is 2. The molecule has 0 aliphatic carbocycles. The lowest BCUT2D eigenvalue weighted by Gasteiger charge is -2.16. The van der Waals surface area contributed by atoms with Gasteiger partial charge in [-0.1, -0.05) is 41.9 Å². The van der Waals surface area contributed by atoms with Crippen LogP contribution in [0, 0.1) is 10.1 Å². The lowest BCUT2D eigenvalue weighted by atomic mass is 9.95. The number of sulfonamides is 1. The van der Waals surface area contributed by atoms with Gasteiger partial charge < -0.3 is 5.73 Å². The largest absolute Gasteiger partial charge is 0.326 e. The van der Waals surface area contributed by atoms with E-state index in [2.05, 4.69) is 0 Å². The van der Waals surface area contributed by atoms with E-state index in [-0.39, 0.29) is 35.0 Å². The smallest absolute Gasteiger partial charge is 0.290 e. The first kappa shape index (κ1) is 17.8. The SMILES string of the molecule is N[C@@H]1CN(S(=O)(=O)c2ccc(Cl)cc2[N+](=O)[O-])C[C@H]1c1ccccc1. The molecule has 0 bridgehead atoms. The molecule has 0 radical (unpaired) electrons. The fourth-order valence-electron chi connectivity index (χ4n) is 3.03. The third-order valence-electron chi connectivity index (χ3n) is 4.29. The number of nitrogens with zero attached hydrogens (tertiary/aromatic N) is 2. The molecule has 1 fully saturated rings. The third kappa shape index (κ3) is 3.38. The van der Waals surface area contributed by atoms with Crippen molar-refractivity contribution in [1.29, 1.82) is 0 Å². The molecule has 25 heavy (non-hydrogen) atoms. The van der Waals surface area contributed by atoms with Gasteiger partial charge in [-0.05, 0) is 17.7 Å². The van der Waals surface area contributed by atoms with Crippen molar-refractivity contribution >= 4 is 27.3 Å². The van der Waals surface area contributed by atoms with Crippen molar-refractivity contribution in [3.63, 3.8) is 0 Å². The molecule has 1 aliphatic heterocycles. The zero-order chi connectivity index (χ0) is 18.2. The fraction of sp³-hybridized carbons (Fsp3) is 0.250. The first-order chi connectivity index (χ1) is 11.8. The minimum Gasteiger partial charge on any atom is -0.326 e. The summed E-state index contributed by atoms with van der Waals surface area (Å²) in [6.45, 7) is 0.273. The van der Waals surface area contributed by atoms with Crippen molar-refractivity contribution in [2.75, 3.05) is 13.1 Å². The van der Waals surface area contributed by atoms with Crippen LogP contribution in [-0.2, 0) is 10.0 Å². The topological polar surface area (TPSA) is 107 Å². The molecule has 7 nitrogen and oxygen atoms in total. The molecular weight excluding hydrogens is 366 g/mol. The van der Waals surface area contributed by atoms with E-state index in [0.717, 1.165) is 17.7 Å². The molecule has 1 aliphatic rings. The average Bonchev–Trinajstić information content (AvgIpc) is 2.98. The van der Waals surface area contributed by atoms with Gasteiger partial charge in [0.05, 0.1) is 4.92 Å². The summed E-state index contributed by atoms with van der Waals surface area (Å²) in [4.78, 5) is 10.1. The van der Waals surface area contributed by atoms with Crippen molar-refractivity contribution in [3.8, 4) is 0 Å². The van der Waals surface area contributed by atoms with Crippen LogP contribution in [0.4, 0.5) is 5.69 Å². The van der Waals surface area contributed by atoms with Crippen LogP contribution in [-0.4, -0.2) is 36.8 Å². The third-order valence-corrected chi connectivity index (χ3v) is 6.41. The van der Waals surface area contributed by atoms with Crippen LogP contribution in [0.25, 0.3) is 0 Å². The van der Waals surface area contributed by atoms with E-state index in [0.29, 0.717) is 0 Å². The minimum atomic E-state index is -4.05. The number of halogens is 1. The Labute approximate surface area is 150 Å². The Balaban J connectivity index is 1.96. The molecule has 132 valence electrons. The van der Waals surface area contributed by atoms with E-state index in [9.17, 15) is 18.5 Å². The molecule has 0 unspecified atom stereocenters. The lowest BCUT2D eigenvalue weighted by Crippen LogP contribution is -2.32. The Bertz CT molecular complexity index is 905. The summed E-state index contributed by atoms with van der Waals surface area (Å²) in [5.41, 5.74) is 6.54.